The van der Waals surface area contributed by atoms with Gasteiger partial charge in [0.25, 0.3) is 0 Å². The summed E-state index contributed by atoms with van der Waals surface area (Å²) < 4.78 is 0. The molecule has 2 N–H and O–H groups in total. The molecule has 1 aliphatic carbocycles. The van der Waals surface area contributed by atoms with Gasteiger partial charge in [-0.3, -0.25) is 0 Å². The first-order valence-electron chi connectivity index (χ1n) is 6.08. The van der Waals surface area contributed by atoms with E-state index in [0.717, 1.165) is 6.42 Å². The van der Waals surface area contributed by atoms with Gasteiger partial charge in [0.1, 0.15) is 5.54 Å². The van der Waals surface area contributed by atoms with Crippen molar-refractivity contribution < 1.29 is 14.7 Å². The van der Waals surface area contributed by atoms with Crippen molar-refractivity contribution in [3.63, 3.8) is 0 Å². The number of amides is 2. The highest BCUT2D eigenvalue weighted by molar-refractivity contribution is 5.87. The molecule has 0 heterocycles. The molecule has 0 aromatic rings. The van der Waals surface area contributed by atoms with Crippen molar-refractivity contribution in [2.45, 2.75) is 51.6 Å². The van der Waals surface area contributed by atoms with Crippen molar-refractivity contribution in [2.75, 3.05) is 7.05 Å². The topological polar surface area (TPSA) is 69.6 Å². The zero-order valence-corrected chi connectivity index (χ0v) is 11.0. The van der Waals surface area contributed by atoms with E-state index < -0.39 is 11.5 Å². The van der Waals surface area contributed by atoms with Crippen LogP contribution in [0.2, 0.25) is 0 Å². The minimum atomic E-state index is -1.03. The highest BCUT2D eigenvalue weighted by atomic mass is 16.4. The molecule has 98 valence electrons. The second-order valence-corrected chi connectivity index (χ2v) is 5.27. The average molecular weight is 242 g/mol. The maximum Gasteiger partial charge on any atom is 0.329 e. The third-order valence-electron chi connectivity index (χ3n) is 3.86. The number of rotatable bonds is 4. The molecule has 1 saturated carbocycles. The van der Waals surface area contributed by atoms with Crippen LogP contribution in [0.1, 0.15) is 40.0 Å². The van der Waals surface area contributed by atoms with Crippen LogP contribution in [0.4, 0.5) is 4.79 Å². The number of hydrogen-bond donors (Lipinski definition) is 2. The van der Waals surface area contributed by atoms with Crippen molar-refractivity contribution in [1.82, 2.24) is 10.2 Å². The number of carbonyl (C=O) groups is 2. The van der Waals surface area contributed by atoms with Crippen molar-refractivity contribution in [2.24, 2.45) is 5.92 Å². The van der Waals surface area contributed by atoms with Gasteiger partial charge in [0.15, 0.2) is 0 Å². The minimum Gasteiger partial charge on any atom is -0.480 e. The van der Waals surface area contributed by atoms with E-state index in [1.165, 1.54) is 0 Å². The molecule has 5 heteroatoms. The molecule has 5 nitrogen and oxygen atoms in total. The van der Waals surface area contributed by atoms with Gasteiger partial charge in [0.2, 0.25) is 0 Å². The molecule has 0 aromatic heterocycles. The van der Waals surface area contributed by atoms with Gasteiger partial charge in [-0.05, 0) is 32.1 Å². The number of aliphatic carboxylic acids is 1. The molecule has 1 aliphatic rings. The number of urea groups is 1. The van der Waals surface area contributed by atoms with E-state index in [4.69, 9.17) is 5.11 Å². The van der Waals surface area contributed by atoms with Crippen LogP contribution >= 0.6 is 0 Å². The predicted molar refractivity (Wildman–Crippen MR) is 64.8 cm³/mol. The molecule has 2 amide bonds. The Morgan fingerprint density at radius 2 is 1.82 bits per heavy atom. The first-order valence-corrected chi connectivity index (χ1v) is 6.08. The molecule has 1 fully saturated rings. The summed E-state index contributed by atoms with van der Waals surface area (Å²) in [6.07, 6.45) is 1.91. The van der Waals surface area contributed by atoms with Gasteiger partial charge in [-0.1, -0.05) is 13.8 Å². The van der Waals surface area contributed by atoms with Crippen LogP contribution in [0.5, 0.6) is 0 Å². The number of hydrogen-bond acceptors (Lipinski definition) is 2. The summed E-state index contributed by atoms with van der Waals surface area (Å²) in [7, 11) is 1.70. The van der Waals surface area contributed by atoms with Crippen LogP contribution in [-0.4, -0.2) is 40.6 Å². The number of nitrogens with one attached hydrogen (secondary N) is 1. The Morgan fingerprint density at radius 1 is 1.29 bits per heavy atom. The summed E-state index contributed by atoms with van der Waals surface area (Å²) in [4.78, 5) is 24.7. The smallest absolute Gasteiger partial charge is 0.329 e. The lowest BCUT2D eigenvalue weighted by molar-refractivity contribution is -0.148. The molecule has 0 aromatic carbocycles. The molecule has 0 aliphatic heterocycles. The zero-order chi connectivity index (χ0) is 13.2. The highest BCUT2D eigenvalue weighted by Crippen LogP contribution is 2.32. The largest absolute Gasteiger partial charge is 0.480 e. The summed E-state index contributed by atoms with van der Waals surface area (Å²) in [5.41, 5.74) is -1.03. The van der Waals surface area contributed by atoms with Gasteiger partial charge in [0, 0.05) is 13.1 Å². The average Bonchev–Trinajstić information content (AvgIpc) is 2.20. The highest BCUT2D eigenvalue weighted by Gasteiger charge is 2.46. The third kappa shape index (κ3) is 2.70. The molecule has 17 heavy (non-hydrogen) atoms. The maximum atomic E-state index is 12.0. The van der Waals surface area contributed by atoms with Crippen LogP contribution in [0.25, 0.3) is 0 Å². The van der Waals surface area contributed by atoms with Crippen molar-refractivity contribution in [3.05, 3.63) is 0 Å². The van der Waals surface area contributed by atoms with E-state index >= 15 is 0 Å². The van der Waals surface area contributed by atoms with Crippen LogP contribution in [-0.2, 0) is 4.79 Å². The third-order valence-corrected chi connectivity index (χ3v) is 3.86. The molecule has 0 radical (unpaired) electrons. The van der Waals surface area contributed by atoms with Crippen molar-refractivity contribution >= 4 is 12.0 Å². The number of nitrogens with zero attached hydrogens (tertiary/aromatic N) is 1. The van der Waals surface area contributed by atoms with Crippen LogP contribution in [0.15, 0.2) is 0 Å². The van der Waals surface area contributed by atoms with E-state index in [1.54, 1.807) is 11.9 Å². The van der Waals surface area contributed by atoms with E-state index in [0.29, 0.717) is 18.8 Å². The second kappa shape index (κ2) is 4.94. The Labute approximate surface area is 102 Å². The number of carboxylic acid groups (broad SMARTS) is 1. The standard InChI is InChI=1S/C12H22N2O3/c1-8(2)9(3)14(4)11(17)13-12(10(15)16)6-5-7-12/h8-9H,5-7H2,1-4H3,(H,13,17)(H,15,16). The monoisotopic (exact) mass is 242 g/mol. The van der Waals surface area contributed by atoms with Gasteiger partial charge in [0.05, 0.1) is 0 Å². The first-order chi connectivity index (χ1) is 7.80. The molecule has 0 spiro atoms. The predicted octanol–water partition coefficient (Wildman–Crippen LogP) is 1.68. The summed E-state index contributed by atoms with van der Waals surface area (Å²) >= 11 is 0. The molecular weight excluding hydrogens is 220 g/mol. The van der Waals surface area contributed by atoms with Crippen molar-refractivity contribution in [1.29, 1.82) is 0 Å². The molecule has 0 saturated heterocycles. The van der Waals surface area contributed by atoms with Crippen LogP contribution in [0.3, 0.4) is 0 Å². The Hall–Kier alpha value is -1.26. The normalized spacial score (nSPS) is 19.4. The Morgan fingerprint density at radius 3 is 2.12 bits per heavy atom. The first kappa shape index (κ1) is 13.8. The lowest BCUT2D eigenvalue weighted by Gasteiger charge is -2.40. The van der Waals surface area contributed by atoms with Crippen LogP contribution < -0.4 is 5.32 Å². The van der Waals surface area contributed by atoms with Crippen LogP contribution in [0, 0.1) is 5.92 Å². The zero-order valence-electron chi connectivity index (χ0n) is 11.0. The van der Waals surface area contributed by atoms with Gasteiger partial charge in [-0.15, -0.1) is 0 Å². The van der Waals surface area contributed by atoms with E-state index in [1.807, 2.05) is 20.8 Å². The molecule has 1 atom stereocenters. The fraction of sp³-hybridized carbons (Fsp3) is 0.833. The van der Waals surface area contributed by atoms with Crippen molar-refractivity contribution in [3.8, 4) is 0 Å². The molecular formula is C12H22N2O3. The fourth-order valence-corrected chi connectivity index (χ4v) is 1.85. The van der Waals surface area contributed by atoms with E-state index in [-0.39, 0.29) is 12.1 Å². The summed E-state index contributed by atoms with van der Waals surface area (Å²) in [6, 6.07) is -0.214. The molecule has 1 unspecified atom stereocenters. The van der Waals surface area contributed by atoms with Gasteiger partial charge >= 0.3 is 12.0 Å². The lowest BCUT2D eigenvalue weighted by Crippen LogP contribution is -2.62. The van der Waals surface area contributed by atoms with Gasteiger partial charge in [-0.25, -0.2) is 9.59 Å². The Balaban J connectivity index is 2.62. The molecule has 0 bridgehead atoms. The van der Waals surface area contributed by atoms with E-state index in [2.05, 4.69) is 5.32 Å². The summed E-state index contributed by atoms with van der Waals surface area (Å²) in [6.45, 7) is 6.02. The Bertz CT molecular complexity index is 311. The lowest BCUT2D eigenvalue weighted by atomic mass is 9.77. The number of carbonyl (C=O) groups excluding carboxylic acids is 1. The number of carboxylic acids is 1. The van der Waals surface area contributed by atoms with Gasteiger partial charge < -0.3 is 15.3 Å². The summed E-state index contributed by atoms with van der Waals surface area (Å²) in [5.74, 6) is -0.587. The van der Waals surface area contributed by atoms with E-state index in [9.17, 15) is 9.59 Å². The Kier molecular flexibility index (Phi) is 4.01. The van der Waals surface area contributed by atoms with Gasteiger partial charge in [-0.2, -0.15) is 0 Å². The minimum absolute atomic E-state index is 0.0842. The molecule has 1 rings (SSSR count). The SMILES string of the molecule is CC(C)C(C)N(C)C(=O)NC1(C(=O)O)CCC1. The second-order valence-electron chi connectivity index (χ2n) is 5.27. The fourth-order valence-electron chi connectivity index (χ4n) is 1.85. The quantitative estimate of drug-likeness (QED) is 0.788. The maximum absolute atomic E-state index is 12.0. The summed E-state index contributed by atoms with van der Waals surface area (Å²) in [5, 5.41) is 11.8.